The molecule has 17 heavy (non-hydrogen) atoms. The molecule has 1 N–H and O–H groups in total. The van der Waals surface area contributed by atoms with Crippen LogP contribution < -0.4 is 5.32 Å². The van der Waals surface area contributed by atoms with Crippen molar-refractivity contribution in [1.29, 1.82) is 0 Å². The van der Waals surface area contributed by atoms with Gasteiger partial charge in [-0.3, -0.25) is 0 Å². The number of rotatable bonds is 0. The molecule has 2 heteroatoms. The van der Waals surface area contributed by atoms with Crippen LogP contribution >= 0.6 is 0 Å². The second-order valence-electron chi connectivity index (χ2n) is 5.39. The molecule has 1 aliphatic heterocycles. The zero-order valence-corrected chi connectivity index (χ0v) is 10.3. The van der Waals surface area contributed by atoms with Crippen LogP contribution in [0.15, 0.2) is 18.2 Å². The molecule has 2 aliphatic rings. The summed E-state index contributed by atoms with van der Waals surface area (Å²) in [7, 11) is 0. The molecule has 0 spiro atoms. The van der Waals surface area contributed by atoms with Gasteiger partial charge in [-0.15, -0.1) is 0 Å². The lowest BCUT2D eigenvalue weighted by molar-refractivity contribution is 0.384. The van der Waals surface area contributed by atoms with Crippen LogP contribution in [0.5, 0.6) is 0 Å². The Balaban J connectivity index is 2.15. The molecule has 0 amide bonds. The van der Waals surface area contributed by atoms with Gasteiger partial charge in [0.15, 0.2) is 0 Å². The fraction of sp³-hybridized carbons (Fsp3) is 0.467. The van der Waals surface area contributed by atoms with Crippen LogP contribution in [0, 0.1) is 6.92 Å². The summed E-state index contributed by atoms with van der Waals surface area (Å²) in [5.74, 6) is 0. The highest BCUT2D eigenvalue weighted by atomic mass is 15.1. The highest BCUT2D eigenvalue weighted by Crippen LogP contribution is 2.39. The molecule has 88 valence electrons. The molecule has 0 fully saturated rings. The Morgan fingerprint density at radius 1 is 1.35 bits per heavy atom. The maximum absolute atomic E-state index is 3.68. The number of aryl methyl sites for hydroxylation is 2. The van der Waals surface area contributed by atoms with Crippen molar-refractivity contribution in [3.05, 3.63) is 35.0 Å². The number of para-hydroxylation sites is 1. The van der Waals surface area contributed by atoms with Crippen molar-refractivity contribution < 1.29 is 0 Å². The third-order valence-corrected chi connectivity index (χ3v) is 4.41. The lowest BCUT2D eigenvalue weighted by Crippen LogP contribution is -2.35. The van der Waals surface area contributed by atoms with Gasteiger partial charge in [0.25, 0.3) is 0 Å². The second kappa shape index (κ2) is 3.36. The number of hydrogen-bond donors (Lipinski definition) is 1. The fourth-order valence-corrected chi connectivity index (χ4v) is 3.74. The molecule has 2 nitrogen and oxygen atoms in total. The van der Waals surface area contributed by atoms with E-state index in [4.69, 9.17) is 0 Å². The Bertz CT molecular complexity index is 592. The monoisotopic (exact) mass is 226 g/mol. The standard InChI is InChI=1S/C15H18N2/c1-10-4-2-5-11-12-6-3-7-13-15(12)17(14(10)11)9-8-16-13/h2,4-5,13,16H,3,6-9H2,1H3. The third-order valence-electron chi connectivity index (χ3n) is 4.41. The van der Waals surface area contributed by atoms with Crippen molar-refractivity contribution in [3.8, 4) is 0 Å². The SMILES string of the molecule is Cc1cccc2c3c4n(c12)CCNC4CCC3. The van der Waals surface area contributed by atoms with Crippen molar-refractivity contribution >= 4 is 10.9 Å². The minimum Gasteiger partial charge on any atom is -0.341 e. The molecule has 0 bridgehead atoms. The number of aromatic nitrogens is 1. The average molecular weight is 226 g/mol. The fourth-order valence-electron chi connectivity index (χ4n) is 3.74. The first-order valence-electron chi connectivity index (χ1n) is 6.70. The molecule has 0 radical (unpaired) electrons. The van der Waals surface area contributed by atoms with Gasteiger partial charge in [-0.05, 0) is 37.3 Å². The molecule has 0 saturated heterocycles. The van der Waals surface area contributed by atoms with E-state index in [0.29, 0.717) is 6.04 Å². The molecule has 1 aromatic carbocycles. The van der Waals surface area contributed by atoms with E-state index >= 15 is 0 Å². The maximum Gasteiger partial charge on any atom is 0.0516 e. The van der Waals surface area contributed by atoms with Gasteiger partial charge in [-0.1, -0.05) is 18.2 Å². The van der Waals surface area contributed by atoms with E-state index in [2.05, 4.69) is 35.0 Å². The van der Waals surface area contributed by atoms with Crippen LogP contribution in [0.2, 0.25) is 0 Å². The van der Waals surface area contributed by atoms with Crippen LogP contribution in [0.25, 0.3) is 10.9 Å². The van der Waals surface area contributed by atoms with E-state index in [1.807, 2.05) is 0 Å². The molecule has 4 rings (SSSR count). The van der Waals surface area contributed by atoms with E-state index < -0.39 is 0 Å². The first kappa shape index (κ1) is 9.72. The molecule has 1 aliphatic carbocycles. The molecule has 1 unspecified atom stereocenters. The minimum atomic E-state index is 0.610. The number of fused-ring (bicyclic) bond motifs is 3. The number of nitrogens with one attached hydrogen (secondary N) is 1. The summed E-state index contributed by atoms with van der Waals surface area (Å²) < 4.78 is 2.58. The van der Waals surface area contributed by atoms with Gasteiger partial charge in [0, 0.05) is 30.2 Å². The summed E-state index contributed by atoms with van der Waals surface area (Å²) in [6.45, 7) is 4.50. The quantitative estimate of drug-likeness (QED) is 0.731. The van der Waals surface area contributed by atoms with E-state index in [0.717, 1.165) is 13.1 Å². The van der Waals surface area contributed by atoms with Crippen LogP contribution in [-0.4, -0.2) is 11.1 Å². The number of nitrogens with zero attached hydrogens (tertiary/aromatic N) is 1. The largest absolute Gasteiger partial charge is 0.341 e. The van der Waals surface area contributed by atoms with Crippen molar-refractivity contribution in [3.63, 3.8) is 0 Å². The van der Waals surface area contributed by atoms with Crippen LogP contribution in [0.1, 0.15) is 35.7 Å². The highest BCUT2D eigenvalue weighted by molar-refractivity contribution is 5.88. The van der Waals surface area contributed by atoms with Gasteiger partial charge in [-0.2, -0.15) is 0 Å². The van der Waals surface area contributed by atoms with E-state index in [-0.39, 0.29) is 0 Å². The first-order chi connectivity index (χ1) is 8.36. The van der Waals surface area contributed by atoms with Gasteiger partial charge >= 0.3 is 0 Å². The summed E-state index contributed by atoms with van der Waals surface area (Å²) in [4.78, 5) is 0. The van der Waals surface area contributed by atoms with Crippen molar-refractivity contribution in [2.75, 3.05) is 6.54 Å². The topological polar surface area (TPSA) is 17.0 Å². The zero-order chi connectivity index (χ0) is 11.4. The smallest absolute Gasteiger partial charge is 0.0516 e. The van der Waals surface area contributed by atoms with Crippen molar-refractivity contribution in [2.24, 2.45) is 0 Å². The average Bonchev–Trinajstić information content (AvgIpc) is 2.69. The molecule has 1 aromatic heterocycles. The van der Waals surface area contributed by atoms with Gasteiger partial charge < -0.3 is 9.88 Å². The molecule has 2 heterocycles. The molecular weight excluding hydrogens is 208 g/mol. The minimum absolute atomic E-state index is 0.610. The summed E-state index contributed by atoms with van der Waals surface area (Å²) in [6.07, 6.45) is 3.90. The summed E-state index contributed by atoms with van der Waals surface area (Å²) >= 11 is 0. The van der Waals surface area contributed by atoms with Crippen LogP contribution in [0.3, 0.4) is 0 Å². The van der Waals surface area contributed by atoms with Gasteiger partial charge in [0.05, 0.1) is 5.52 Å². The molecule has 1 atom stereocenters. The van der Waals surface area contributed by atoms with Gasteiger partial charge in [0.1, 0.15) is 0 Å². The predicted octanol–water partition coefficient (Wildman–Crippen LogP) is 2.93. The second-order valence-corrected chi connectivity index (χ2v) is 5.39. The highest BCUT2D eigenvalue weighted by Gasteiger charge is 2.29. The van der Waals surface area contributed by atoms with E-state index in [9.17, 15) is 0 Å². The lowest BCUT2D eigenvalue weighted by atomic mass is 9.91. The van der Waals surface area contributed by atoms with Crippen molar-refractivity contribution in [1.82, 2.24) is 9.88 Å². The third kappa shape index (κ3) is 1.19. The van der Waals surface area contributed by atoms with E-state index in [1.54, 1.807) is 11.3 Å². The van der Waals surface area contributed by atoms with Crippen LogP contribution in [0.4, 0.5) is 0 Å². The summed E-state index contributed by atoms with van der Waals surface area (Å²) in [6, 6.07) is 7.37. The summed E-state index contributed by atoms with van der Waals surface area (Å²) in [5, 5.41) is 5.18. The Labute approximate surface area is 102 Å². The van der Waals surface area contributed by atoms with Crippen molar-refractivity contribution in [2.45, 2.75) is 38.8 Å². The zero-order valence-electron chi connectivity index (χ0n) is 10.3. The molecule has 2 aromatic rings. The van der Waals surface area contributed by atoms with Gasteiger partial charge in [0.2, 0.25) is 0 Å². The molecular formula is C15H18N2. The molecule has 0 saturated carbocycles. The lowest BCUT2D eigenvalue weighted by Gasteiger charge is -2.31. The number of benzene rings is 1. The number of hydrogen-bond acceptors (Lipinski definition) is 1. The van der Waals surface area contributed by atoms with E-state index in [1.165, 1.54) is 35.7 Å². The maximum atomic E-state index is 3.68. The van der Waals surface area contributed by atoms with Gasteiger partial charge in [-0.25, -0.2) is 0 Å². The summed E-state index contributed by atoms with van der Waals surface area (Å²) in [5.41, 5.74) is 6.13. The predicted molar refractivity (Wildman–Crippen MR) is 70.4 cm³/mol. The van der Waals surface area contributed by atoms with Crippen LogP contribution in [-0.2, 0) is 13.0 Å². The Morgan fingerprint density at radius 3 is 3.24 bits per heavy atom. The Morgan fingerprint density at radius 2 is 2.29 bits per heavy atom. The Kier molecular flexibility index (Phi) is 1.92. The normalized spacial score (nSPS) is 22.8. The first-order valence-corrected chi connectivity index (χ1v) is 6.70. The Hall–Kier alpha value is -1.28.